The predicted molar refractivity (Wildman–Crippen MR) is 114 cm³/mol. The Kier molecular flexibility index (Phi) is 6.02. The molecule has 1 fully saturated rings. The summed E-state index contributed by atoms with van der Waals surface area (Å²) in [5.41, 5.74) is 2.73. The maximum Gasteiger partial charge on any atom is 0.253 e. The van der Waals surface area contributed by atoms with Gasteiger partial charge in [0, 0.05) is 36.4 Å². The van der Waals surface area contributed by atoms with E-state index in [0.717, 1.165) is 37.2 Å². The smallest absolute Gasteiger partial charge is 0.253 e. The zero-order valence-corrected chi connectivity index (χ0v) is 16.9. The van der Waals surface area contributed by atoms with Gasteiger partial charge in [-0.25, -0.2) is 0 Å². The minimum absolute atomic E-state index is 0.0722. The fourth-order valence-electron chi connectivity index (χ4n) is 3.22. The van der Waals surface area contributed by atoms with Gasteiger partial charge in [0.05, 0.1) is 5.56 Å². The largest absolute Gasteiger partial charge is 0.371 e. The molecule has 1 heterocycles. The van der Waals surface area contributed by atoms with Gasteiger partial charge in [-0.15, -0.1) is 0 Å². The summed E-state index contributed by atoms with van der Waals surface area (Å²) >= 11 is 0. The number of carbonyl (C=O) groups is 2. The highest BCUT2D eigenvalue weighted by molar-refractivity contribution is 6.02. The number of nitrogens with zero attached hydrogens (tertiary/aromatic N) is 1. The Morgan fingerprint density at radius 2 is 1.68 bits per heavy atom. The molecule has 0 unspecified atom stereocenters. The molecule has 0 aliphatic carbocycles. The molecule has 2 N–H and O–H groups in total. The van der Waals surface area contributed by atoms with Crippen LogP contribution in [0.4, 0.5) is 11.4 Å². The van der Waals surface area contributed by atoms with Crippen molar-refractivity contribution in [2.45, 2.75) is 40.2 Å². The van der Waals surface area contributed by atoms with Crippen LogP contribution in [-0.2, 0) is 11.3 Å². The zero-order valence-electron chi connectivity index (χ0n) is 16.9. The number of hydrogen-bond acceptors (Lipinski definition) is 3. The fourth-order valence-corrected chi connectivity index (χ4v) is 3.22. The number of anilines is 2. The fraction of sp³-hybridized carbons (Fsp3) is 0.391. The Bertz CT molecular complexity index is 835. The van der Waals surface area contributed by atoms with Crippen molar-refractivity contribution in [3.05, 3.63) is 59.7 Å². The molecular formula is C23H29N3O2. The first-order chi connectivity index (χ1) is 13.3. The van der Waals surface area contributed by atoms with Crippen LogP contribution in [0.15, 0.2) is 48.5 Å². The maximum absolute atomic E-state index is 13.0. The van der Waals surface area contributed by atoms with Crippen LogP contribution in [0.2, 0.25) is 0 Å². The van der Waals surface area contributed by atoms with Crippen molar-refractivity contribution >= 4 is 23.2 Å². The first-order valence-electron chi connectivity index (χ1n) is 9.87. The Morgan fingerprint density at radius 3 is 2.32 bits per heavy atom. The maximum atomic E-state index is 13.0. The van der Waals surface area contributed by atoms with Crippen LogP contribution in [0.25, 0.3) is 0 Å². The molecule has 5 heteroatoms. The lowest BCUT2D eigenvalue weighted by Crippen LogP contribution is -2.29. The lowest BCUT2D eigenvalue weighted by Gasteiger charge is -2.23. The van der Waals surface area contributed by atoms with Crippen LogP contribution in [0.3, 0.4) is 0 Å². The highest BCUT2D eigenvalue weighted by Gasteiger charge is 2.23. The summed E-state index contributed by atoms with van der Waals surface area (Å²) in [5.74, 6) is -0.199. The van der Waals surface area contributed by atoms with Gasteiger partial charge >= 0.3 is 0 Å². The molecule has 0 bridgehead atoms. The van der Waals surface area contributed by atoms with Crippen molar-refractivity contribution in [2.24, 2.45) is 5.41 Å². The summed E-state index contributed by atoms with van der Waals surface area (Å²) in [6, 6.07) is 15.5. The van der Waals surface area contributed by atoms with E-state index in [4.69, 9.17) is 0 Å². The Balaban J connectivity index is 1.83. The number of hydrogen-bond donors (Lipinski definition) is 2. The Labute approximate surface area is 167 Å². The summed E-state index contributed by atoms with van der Waals surface area (Å²) in [7, 11) is 0. The highest BCUT2D eigenvalue weighted by Crippen LogP contribution is 2.28. The van der Waals surface area contributed by atoms with E-state index in [9.17, 15) is 9.59 Å². The van der Waals surface area contributed by atoms with E-state index in [1.807, 2.05) is 63.2 Å². The Hall–Kier alpha value is -2.82. The van der Waals surface area contributed by atoms with Crippen LogP contribution >= 0.6 is 0 Å². The van der Waals surface area contributed by atoms with Crippen LogP contribution in [0.5, 0.6) is 0 Å². The number of nitrogens with one attached hydrogen (secondary N) is 2. The second-order valence-corrected chi connectivity index (χ2v) is 8.30. The first kappa shape index (κ1) is 19.9. The van der Waals surface area contributed by atoms with Gasteiger partial charge in [0.2, 0.25) is 5.91 Å². The summed E-state index contributed by atoms with van der Waals surface area (Å²) in [4.78, 5) is 27.6. The van der Waals surface area contributed by atoms with Gasteiger partial charge in [0.25, 0.3) is 5.91 Å². The molecule has 0 atom stereocenters. The molecule has 0 aromatic heterocycles. The van der Waals surface area contributed by atoms with Crippen LogP contribution < -0.4 is 15.5 Å². The number of amides is 2. The molecule has 5 nitrogen and oxygen atoms in total. The van der Waals surface area contributed by atoms with Gasteiger partial charge in [-0.2, -0.15) is 0 Å². The van der Waals surface area contributed by atoms with E-state index >= 15 is 0 Å². The molecule has 1 aliphatic heterocycles. The molecule has 1 saturated heterocycles. The van der Waals surface area contributed by atoms with E-state index in [0.29, 0.717) is 17.8 Å². The monoisotopic (exact) mass is 379 g/mol. The van der Waals surface area contributed by atoms with Crippen molar-refractivity contribution in [2.75, 3.05) is 23.3 Å². The minimum atomic E-state index is -0.497. The molecule has 2 amide bonds. The molecule has 0 radical (unpaired) electrons. The molecule has 0 saturated carbocycles. The average Bonchev–Trinajstić information content (AvgIpc) is 3.20. The number of carbonyl (C=O) groups excluding carboxylic acids is 2. The zero-order chi connectivity index (χ0) is 20.1. The molecule has 0 spiro atoms. The minimum Gasteiger partial charge on any atom is -0.371 e. The van der Waals surface area contributed by atoms with Gasteiger partial charge in [-0.1, -0.05) is 51.1 Å². The van der Waals surface area contributed by atoms with Crippen LogP contribution in [-0.4, -0.2) is 24.9 Å². The average molecular weight is 380 g/mol. The quantitative estimate of drug-likeness (QED) is 0.818. The van der Waals surface area contributed by atoms with Crippen molar-refractivity contribution < 1.29 is 9.59 Å². The Morgan fingerprint density at radius 1 is 1.00 bits per heavy atom. The van der Waals surface area contributed by atoms with Crippen molar-refractivity contribution in [3.63, 3.8) is 0 Å². The van der Waals surface area contributed by atoms with Gasteiger partial charge in [0.1, 0.15) is 0 Å². The first-order valence-corrected chi connectivity index (χ1v) is 9.87. The molecule has 1 aliphatic rings. The third-order valence-electron chi connectivity index (χ3n) is 4.92. The topological polar surface area (TPSA) is 61.4 Å². The SMILES string of the molecule is CC(C)(C)C(=O)Nc1ccc(N2CCCC2)c(C(=O)NCc2ccccc2)c1. The second kappa shape index (κ2) is 8.46. The van der Waals surface area contributed by atoms with E-state index < -0.39 is 5.41 Å². The molecule has 2 aromatic rings. The van der Waals surface area contributed by atoms with Gasteiger partial charge in [-0.05, 0) is 36.6 Å². The summed E-state index contributed by atoms with van der Waals surface area (Å²) in [5, 5.41) is 5.94. The predicted octanol–water partition coefficient (Wildman–Crippen LogP) is 4.20. The summed E-state index contributed by atoms with van der Waals surface area (Å²) in [6.07, 6.45) is 2.27. The third kappa shape index (κ3) is 4.91. The lowest BCUT2D eigenvalue weighted by molar-refractivity contribution is -0.123. The van der Waals surface area contributed by atoms with Gasteiger partial charge in [0.15, 0.2) is 0 Å². The summed E-state index contributed by atoms with van der Waals surface area (Å²) in [6.45, 7) is 7.98. The van der Waals surface area contributed by atoms with Gasteiger partial charge < -0.3 is 15.5 Å². The van der Waals surface area contributed by atoms with Crippen molar-refractivity contribution in [3.8, 4) is 0 Å². The number of benzene rings is 2. The van der Waals surface area contributed by atoms with Crippen LogP contribution in [0.1, 0.15) is 49.5 Å². The molecular weight excluding hydrogens is 350 g/mol. The number of rotatable bonds is 5. The second-order valence-electron chi connectivity index (χ2n) is 8.30. The molecule has 3 rings (SSSR count). The van der Waals surface area contributed by atoms with E-state index in [1.165, 1.54) is 0 Å². The molecule has 28 heavy (non-hydrogen) atoms. The van der Waals surface area contributed by atoms with Crippen LogP contribution in [0, 0.1) is 5.41 Å². The normalized spacial score (nSPS) is 14.0. The van der Waals surface area contributed by atoms with Gasteiger partial charge in [-0.3, -0.25) is 9.59 Å². The molecule has 148 valence electrons. The van der Waals surface area contributed by atoms with E-state index in [1.54, 1.807) is 6.07 Å². The van der Waals surface area contributed by atoms with E-state index in [-0.39, 0.29) is 11.8 Å². The van der Waals surface area contributed by atoms with E-state index in [2.05, 4.69) is 15.5 Å². The standard InChI is InChI=1S/C23H29N3O2/c1-23(2,3)22(28)25-18-11-12-20(26-13-7-8-14-26)19(15-18)21(27)24-16-17-9-5-4-6-10-17/h4-6,9-12,15H,7-8,13-14,16H2,1-3H3,(H,24,27)(H,25,28). The lowest BCUT2D eigenvalue weighted by atomic mass is 9.95. The summed E-state index contributed by atoms with van der Waals surface area (Å²) < 4.78 is 0. The highest BCUT2D eigenvalue weighted by atomic mass is 16.2. The van der Waals surface area contributed by atoms with Crippen molar-refractivity contribution in [1.29, 1.82) is 0 Å². The van der Waals surface area contributed by atoms with Crippen molar-refractivity contribution in [1.82, 2.24) is 5.32 Å². The third-order valence-corrected chi connectivity index (χ3v) is 4.92. The molecule has 2 aromatic carbocycles.